The fourth-order valence-electron chi connectivity index (χ4n) is 4.34. The lowest BCUT2D eigenvalue weighted by atomic mass is 10.0. The zero-order valence-electron chi connectivity index (χ0n) is 19.4. The number of hydrogen-bond donors (Lipinski definition) is 1. The highest BCUT2D eigenvalue weighted by molar-refractivity contribution is 5.80. The first-order valence-electron chi connectivity index (χ1n) is 11.4. The fourth-order valence-corrected chi connectivity index (χ4v) is 4.34. The number of nitrogens with zero attached hydrogens (tertiary/aromatic N) is 5. The van der Waals surface area contributed by atoms with E-state index in [1.165, 1.54) is 16.7 Å². The van der Waals surface area contributed by atoms with Crippen molar-refractivity contribution < 1.29 is 4.42 Å². The number of aliphatic imine (C=N–C) groups is 1. The Morgan fingerprint density at radius 1 is 1.22 bits per heavy atom. The number of rotatable bonds is 8. The molecule has 170 valence electrons. The summed E-state index contributed by atoms with van der Waals surface area (Å²) < 4.78 is 7.38. The van der Waals surface area contributed by atoms with Crippen LogP contribution in [-0.4, -0.2) is 52.2 Å². The van der Waals surface area contributed by atoms with Crippen LogP contribution in [-0.2, 0) is 26.7 Å². The molecule has 3 heterocycles. The number of likely N-dealkylation sites (tertiary alicyclic amines) is 1. The van der Waals surface area contributed by atoms with Crippen LogP contribution in [0.4, 0.5) is 0 Å². The van der Waals surface area contributed by atoms with E-state index in [0.29, 0.717) is 12.5 Å². The molecule has 0 radical (unpaired) electrons. The molecular weight excluding hydrogens is 400 g/mol. The number of aryl methyl sites for hydroxylation is 1. The van der Waals surface area contributed by atoms with Crippen LogP contribution in [0.3, 0.4) is 0 Å². The molecule has 4 rings (SSSR count). The van der Waals surface area contributed by atoms with Gasteiger partial charge in [0.2, 0.25) is 0 Å². The van der Waals surface area contributed by atoms with E-state index in [-0.39, 0.29) is 0 Å². The van der Waals surface area contributed by atoms with Gasteiger partial charge in [0.15, 0.2) is 5.96 Å². The third kappa shape index (κ3) is 5.59. The molecule has 7 heteroatoms. The lowest BCUT2D eigenvalue weighted by Crippen LogP contribution is -2.40. The summed E-state index contributed by atoms with van der Waals surface area (Å²) in [6, 6.07) is 12.5. The van der Waals surface area contributed by atoms with Crippen molar-refractivity contribution in [3.63, 3.8) is 0 Å². The van der Waals surface area contributed by atoms with E-state index in [1.54, 1.807) is 6.26 Å². The molecule has 0 aliphatic carbocycles. The molecule has 3 aromatic rings. The Kier molecular flexibility index (Phi) is 7.27. The van der Waals surface area contributed by atoms with Crippen LogP contribution in [0.25, 0.3) is 0 Å². The molecule has 0 saturated carbocycles. The lowest BCUT2D eigenvalue weighted by molar-refractivity contribution is 0.287. The monoisotopic (exact) mass is 434 g/mol. The average molecular weight is 435 g/mol. The third-order valence-corrected chi connectivity index (χ3v) is 5.98. The van der Waals surface area contributed by atoms with Gasteiger partial charge in [-0.2, -0.15) is 5.10 Å². The molecular formula is C25H34N6O. The summed E-state index contributed by atoms with van der Waals surface area (Å²) in [4.78, 5) is 9.67. The molecule has 2 aromatic heterocycles. The van der Waals surface area contributed by atoms with E-state index in [1.807, 2.05) is 30.1 Å². The van der Waals surface area contributed by atoms with Crippen LogP contribution in [0.15, 0.2) is 64.5 Å². The maximum absolute atomic E-state index is 5.49. The smallest absolute Gasteiger partial charge is 0.194 e. The van der Waals surface area contributed by atoms with Crippen molar-refractivity contribution >= 4 is 5.96 Å². The Morgan fingerprint density at radius 3 is 2.78 bits per heavy atom. The van der Waals surface area contributed by atoms with E-state index in [2.05, 4.69) is 64.6 Å². The van der Waals surface area contributed by atoms with Gasteiger partial charge in [-0.05, 0) is 49.2 Å². The summed E-state index contributed by atoms with van der Waals surface area (Å²) >= 11 is 0. The van der Waals surface area contributed by atoms with Crippen LogP contribution >= 0.6 is 0 Å². The van der Waals surface area contributed by atoms with Gasteiger partial charge < -0.3 is 14.6 Å². The van der Waals surface area contributed by atoms with Crippen molar-refractivity contribution in [2.24, 2.45) is 12.0 Å². The maximum atomic E-state index is 5.49. The highest BCUT2D eigenvalue weighted by atomic mass is 16.3. The fraction of sp³-hybridized carbons (Fsp3) is 0.440. The summed E-state index contributed by atoms with van der Waals surface area (Å²) in [7, 11) is 4.10. The van der Waals surface area contributed by atoms with Gasteiger partial charge in [-0.15, -0.1) is 0 Å². The summed E-state index contributed by atoms with van der Waals surface area (Å²) in [6.07, 6.45) is 6.98. The molecule has 1 aliphatic heterocycles. The van der Waals surface area contributed by atoms with Crippen molar-refractivity contribution in [1.82, 2.24) is 24.9 Å². The molecule has 0 amide bonds. The minimum Gasteiger partial charge on any atom is -0.468 e. The molecule has 1 aliphatic rings. The first kappa shape index (κ1) is 22.1. The van der Waals surface area contributed by atoms with Gasteiger partial charge in [0, 0.05) is 45.3 Å². The van der Waals surface area contributed by atoms with E-state index in [9.17, 15) is 0 Å². The second-order valence-electron chi connectivity index (χ2n) is 8.57. The predicted octanol–water partition coefficient (Wildman–Crippen LogP) is 3.60. The van der Waals surface area contributed by atoms with Crippen molar-refractivity contribution in [3.05, 3.63) is 77.5 Å². The van der Waals surface area contributed by atoms with Crippen LogP contribution in [0.1, 0.15) is 41.7 Å². The molecule has 1 N–H and O–H groups in total. The number of nitrogens with one attached hydrogen (secondary N) is 1. The van der Waals surface area contributed by atoms with Crippen molar-refractivity contribution in [2.45, 2.75) is 38.9 Å². The van der Waals surface area contributed by atoms with Gasteiger partial charge in [-0.3, -0.25) is 9.58 Å². The number of guanidine groups is 1. The minimum absolute atomic E-state index is 0.509. The van der Waals surface area contributed by atoms with Gasteiger partial charge >= 0.3 is 0 Å². The number of benzene rings is 1. The average Bonchev–Trinajstić information content (AvgIpc) is 3.54. The van der Waals surface area contributed by atoms with Crippen LogP contribution in [0.2, 0.25) is 0 Å². The Balaban J connectivity index is 1.42. The van der Waals surface area contributed by atoms with Crippen molar-refractivity contribution in [2.75, 3.05) is 26.7 Å². The molecule has 0 spiro atoms. The van der Waals surface area contributed by atoms with E-state index in [0.717, 1.165) is 50.9 Å². The Hall–Kier alpha value is -3.06. The normalized spacial score (nSPS) is 16.8. The Labute approximate surface area is 190 Å². The highest BCUT2D eigenvalue weighted by Gasteiger charge is 2.27. The number of furan rings is 1. The molecule has 1 saturated heterocycles. The third-order valence-electron chi connectivity index (χ3n) is 5.98. The number of aromatic nitrogens is 2. The summed E-state index contributed by atoms with van der Waals surface area (Å²) in [5, 5.41) is 7.84. The first-order chi connectivity index (χ1) is 15.6. The van der Waals surface area contributed by atoms with Gasteiger partial charge in [0.05, 0.1) is 25.5 Å². The standard InChI is InChI=1S/C25H34N6O/c1-4-26-25(31-12-11-22(18-31)23-15-28-30(3)17-23)27-14-20-8-5-6-9-21(20)16-29(2)19-24-10-7-13-32-24/h5-10,13,15,17,22H,4,11-12,14,16,18-19H2,1-3H3,(H,26,27). The van der Waals surface area contributed by atoms with E-state index < -0.39 is 0 Å². The molecule has 1 aromatic carbocycles. The first-order valence-corrected chi connectivity index (χ1v) is 11.4. The van der Waals surface area contributed by atoms with Crippen molar-refractivity contribution in [3.8, 4) is 0 Å². The maximum Gasteiger partial charge on any atom is 0.194 e. The van der Waals surface area contributed by atoms with Gasteiger partial charge in [-0.1, -0.05) is 24.3 Å². The zero-order chi connectivity index (χ0) is 22.3. The Morgan fingerprint density at radius 2 is 2.06 bits per heavy atom. The molecule has 1 unspecified atom stereocenters. The topological polar surface area (TPSA) is 61.8 Å². The van der Waals surface area contributed by atoms with Gasteiger partial charge in [-0.25, -0.2) is 4.99 Å². The predicted molar refractivity (Wildman–Crippen MR) is 127 cm³/mol. The quantitative estimate of drug-likeness (QED) is 0.434. The molecule has 1 atom stereocenters. The largest absolute Gasteiger partial charge is 0.468 e. The summed E-state index contributed by atoms with van der Waals surface area (Å²) in [6.45, 7) is 7.29. The minimum atomic E-state index is 0.509. The molecule has 32 heavy (non-hydrogen) atoms. The molecule has 7 nitrogen and oxygen atoms in total. The second-order valence-corrected chi connectivity index (χ2v) is 8.57. The SMILES string of the molecule is CCNC(=NCc1ccccc1CN(C)Cc1ccco1)N1CCC(c2cnn(C)c2)C1. The molecule has 1 fully saturated rings. The van der Waals surface area contributed by atoms with E-state index in [4.69, 9.17) is 9.41 Å². The van der Waals surface area contributed by atoms with Crippen LogP contribution in [0.5, 0.6) is 0 Å². The van der Waals surface area contributed by atoms with Crippen molar-refractivity contribution in [1.29, 1.82) is 0 Å². The zero-order valence-corrected chi connectivity index (χ0v) is 19.4. The summed E-state index contributed by atoms with van der Waals surface area (Å²) in [5.41, 5.74) is 3.88. The summed E-state index contributed by atoms with van der Waals surface area (Å²) in [5.74, 6) is 2.49. The van der Waals surface area contributed by atoms with Gasteiger partial charge in [0.1, 0.15) is 5.76 Å². The lowest BCUT2D eigenvalue weighted by Gasteiger charge is -2.22. The van der Waals surface area contributed by atoms with Crippen LogP contribution < -0.4 is 5.32 Å². The second kappa shape index (κ2) is 10.5. The van der Waals surface area contributed by atoms with Crippen LogP contribution in [0, 0.1) is 0 Å². The molecule has 0 bridgehead atoms. The van der Waals surface area contributed by atoms with Gasteiger partial charge in [0.25, 0.3) is 0 Å². The van der Waals surface area contributed by atoms with E-state index >= 15 is 0 Å². The Bertz CT molecular complexity index is 1010. The number of hydrogen-bond acceptors (Lipinski definition) is 4. The highest BCUT2D eigenvalue weighted by Crippen LogP contribution is 2.27.